The number of rotatable bonds is 2. The molecule has 0 aliphatic rings. The second-order valence-electron chi connectivity index (χ2n) is 4.14. The monoisotopic (exact) mass is 168 g/mol. The Morgan fingerprint density at radius 2 is 2.17 bits per heavy atom. The van der Waals surface area contributed by atoms with E-state index in [1.54, 1.807) is 12.5 Å². The normalized spacial score (nSPS) is 14.7. The molecule has 0 aromatic carbocycles. The summed E-state index contributed by atoms with van der Waals surface area (Å²) in [7, 11) is 0. The van der Waals surface area contributed by atoms with Gasteiger partial charge in [0.1, 0.15) is 0 Å². The van der Waals surface area contributed by atoms with Crippen molar-refractivity contribution in [1.82, 2.24) is 9.55 Å². The van der Waals surface area contributed by atoms with Gasteiger partial charge in [0.2, 0.25) is 0 Å². The van der Waals surface area contributed by atoms with E-state index in [-0.39, 0.29) is 11.5 Å². The fraction of sp³-hybridized carbons (Fsp3) is 0.667. The van der Waals surface area contributed by atoms with Crippen LogP contribution >= 0.6 is 0 Å². The number of nitrogens with zero attached hydrogens (tertiary/aromatic N) is 2. The van der Waals surface area contributed by atoms with Gasteiger partial charge < -0.3 is 9.67 Å². The quantitative estimate of drug-likeness (QED) is 0.722. The number of imidazole rings is 1. The SMILES string of the molecule is CC(C)(C)C(O)Cn1ccnc1. The van der Waals surface area contributed by atoms with E-state index in [0.29, 0.717) is 6.54 Å². The van der Waals surface area contributed by atoms with Gasteiger partial charge in [-0.2, -0.15) is 0 Å². The Morgan fingerprint density at radius 1 is 1.50 bits per heavy atom. The van der Waals surface area contributed by atoms with E-state index in [1.165, 1.54) is 0 Å². The number of hydrogen-bond donors (Lipinski definition) is 1. The number of hydrogen-bond acceptors (Lipinski definition) is 2. The van der Waals surface area contributed by atoms with E-state index in [1.807, 2.05) is 31.5 Å². The first-order valence-electron chi connectivity index (χ1n) is 4.14. The molecular weight excluding hydrogens is 152 g/mol. The van der Waals surface area contributed by atoms with Gasteiger partial charge in [-0.25, -0.2) is 4.98 Å². The Morgan fingerprint density at radius 3 is 2.58 bits per heavy atom. The lowest BCUT2D eigenvalue weighted by Crippen LogP contribution is -2.30. The maximum absolute atomic E-state index is 9.71. The van der Waals surface area contributed by atoms with Crippen molar-refractivity contribution in [3.63, 3.8) is 0 Å². The van der Waals surface area contributed by atoms with Crippen LogP contribution in [0.25, 0.3) is 0 Å². The minimum absolute atomic E-state index is 0.0652. The predicted molar refractivity (Wildman–Crippen MR) is 47.7 cm³/mol. The lowest BCUT2D eigenvalue weighted by Gasteiger charge is -2.25. The largest absolute Gasteiger partial charge is 0.391 e. The Labute approximate surface area is 73.1 Å². The van der Waals surface area contributed by atoms with Gasteiger partial charge in [0.15, 0.2) is 0 Å². The van der Waals surface area contributed by atoms with E-state index in [4.69, 9.17) is 0 Å². The zero-order chi connectivity index (χ0) is 9.19. The zero-order valence-electron chi connectivity index (χ0n) is 7.86. The first kappa shape index (κ1) is 9.26. The summed E-state index contributed by atoms with van der Waals surface area (Å²) >= 11 is 0. The predicted octanol–water partition coefficient (Wildman–Crippen LogP) is 1.29. The molecule has 0 amide bonds. The van der Waals surface area contributed by atoms with Crippen LogP contribution in [0.5, 0.6) is 0 Å². The molecule has 0 saturated carbocycles. The van der Waals surface area contributed by atoms with Crippen LogP contribution < -0.4 is 0 Å². The molecule has 0 fully saturated rings. The van der Waals surface area contributed by atoms with Gasteiger partial charge in [0.05, 0.1) is 12.4 Å². The topological polar surface area (TPSA) is 38.0 Å². The molecule has 0 bridgehead atoms. The highest BCUT2D eigenvalue weighted by Gasteiger charge is 2.21. The van der Waals surface area contributed by atoms with Crippen molar-refractivity contribution in [2.45, 2.75) is 33.4 Å². The third kappa shape index (κ3) is 2.34. The fourth-order valence-electron chi connectivity index (χ4n) is 0.868. The van der Waals surface area contributed by atoms with E-state index in [0.717, 1.165) is 0 Å². The molecule has 1 heterocycles. The molecule has 0 aliphatic carbocycles. The standard InChI is InChI=1S/C9H16N2O/c1-9(2,3)8(12)6-11-5-4-10-7-11/h4-5,7-8,12H,6H2,1-3H3. The zero-order valence-corrected chi connectivity index (χ0v) is 7.86. The second kappa shape index (κ2) is 3.27. The van der Waals surface area contributed by atoms with Crippen LogP contribution in [0, 0.1) is 5.41 Å². The van der Waals surface area contributed by atoms with Crippen molar-refractivity contribution in [1.29, 1.82) is 0 Å². The van der Waals surface area contributed by atoms with Crippen molar-refractivity contribution < 1.29 is 5.11 Å². The van der Waals surface area contributed by atoms with Crippen LogP contribution in [0.4, 0.5) is 0 Å². The summed E-state index contributed by atoms with van der Waals surface area (Å²) in [4.78, 5) is 3.91. The Bertz CT molecular complexity index is 223. The fourth-order valence-corrected chi connectivity index (χ4v) is 0.868. The number of aliphatic hydroxyl groups is 1. The van der Waals surface area contributed by atoms with Crippen molar-refractivity contribution in [3.8, 4) is 0 Å². The maximum atomic E-state index is 9.71. The molecule has 0 aliphatic heterocycles. The Balaban J connectivity index is 2.53. The molecule has 0 saturated heterocycles. The lowest BCUT2D eigenvalue weighted by atomic mass is 9.89. The summed E-state index contributed by atoms with van der Waals surface area (Å²) < 4.78 is 1.88. The van der Waals surface area contributed by atoms with Crippen molar-refractivity contribution in [2.75, 3.05) is 0 Å². The summed E-state index contributed by atoms with van der Waals surface area (Å²) in [6.45, 7) is 6.68. The smallest absolute Gasteiger partial charge is 0.0946 e. The third-order valence-electron chi connectivity index (χ3n) is 1.94. The first-order valence-corrected chi connectivity index (χ1v) is 4.14. The van der Waals surface area contributed by atoms with E-state index >= 15 is 0 Å². The highest BCUT2D eigenvalue weighted by Crippen LogP contribution is 2.19. The van der Waals surface area contributed by atoms with Crippen LogP contribution in [-0.4, -0.2) is 20.8 Å². The second-order valence-corrected chi connectivity index (χ2v) is 4.14. The average Bonchev–Trinajstić information content (AvgIpc) is 2.37. The highest BCUT2D eigenvalue weighted by atomic mass is 16.3. The maximum Gasteiger partial charge on any atom is 0.0946 e. The molecule has 1 rings (SSSR count). The summed E-state index contributed by atoms with van der Waals surface area (Å²) in [6, 6.07) is 0. The van der Waals surface area contributed by atoms with Crippen LogP contribution in [0.2, 0.25) is 0 Å². The average molecular weight is 168 g/mol. The molecule has 0 spiro atoms. The summed E-state index contributed by atoms with van der Waals surface area (Å²) in [5.41, 5.74) is -0.0652. The molecule has 68 valence electrons. The van der Waals surface area contributed by atoms with Crippen molar-refractivity contribution >= 4 is 0 Å². The Kier molecular flexibility index (Phi) is 2.52. The molecule has 1 unspecified atom stereocenters. The number of aliphatic hydroxyl groups excluding tert-OH is 1. The van der Waals surface area contributed by atoms with Gasteiger partial charge >= 0.3 is 0 Å². The van der Waals surface area contributed by atoms with Gasteiger partial charge in [0.25, 0.3) is 0 Å². The summed E-state index contributed by atoms with van der Waals surface area (Å²) in [6.07, 6.45) is 4.96. The molecule has 1 aromatic rings. The molecule has 3 heteroatoms. The molecule has 3 nitrogen and oxygen atoms in total. The van der Waals surface area contributed by atoms with E-state index in [2.05, 4.69) is 4.98 Å². The van der Waals surface area contributed by atoms with Crippen molar-refractivity contribution in [2.24, 2.45) is 5.41 Å². The molecular formula is C9H16N2O. The van der Waals surface area contributed by atoms with Gasteiger partial charge in [-0.15, -0.1) is 0 Å². The molecule has 1 atom stereocenters. The Hall–Kier alpha value is -0.830. The number of aromatic nitrogens is 2. The third-order valence-corrected chi connectivity index (χ3v) is 1.94. The summed E-state index contributed by atoms with van der Waals surface area (Å²) in [5, 5.41) is 9.71. The molecule has 12 heavy (non-hydrogen) atoms. The van der Waals surface area contributed by atoms with Gasteiger partial charge in [0, 0.05) is 18.9 Å². The summed E-state index contributed by atoms with van der Waals surface area (Å²) in [5.74, 6) is 0. The first-order chi connectivity index (χ1) is 5.50. The van der Waals surface area contributed by atoms with Crippen LogP contribution in [0.15, 0.2) is 18.7 Å². The highest BCUT2D eigenvalue weighted by molar-refractivity contribution is 4.79. The van der Waals surface area contributed by atoms with Crippen molar-refractivity contribution in [3.05, 3.63) is 18.7 Å². The van der Waals surface area contributed by atoms with Crippen LogP contribution in [0.1, 0.15) is 20.8 Å². The minimum atomic E-state index is -0.327. The van der Waals surface area contributed by atoms with E-state index < -0.39 is 0 Å². The van der Waals surface area contributed by atoms with Gasteiger partial charge in [-0.3, -0.25) is 0 Å². The van der Waals surface area contributed by atoms with Gasteiger partial charge in [-0.1, -0.05) is 20.8 Å². The van der Waals surface area contributed by atoms with Gasteiger partial charge in [-0.05, 0) is 5.41 Å². The molecule has 1 aromatic heterocycles. The van der Waals surface area contributed by atoms with E-state index in [9.17, 15) is 5.11 Å². The molecule has 1 N–H and O–H groups in total. The minimum Gasteiger partial charge on any atom is -0.391 e. The van der Waals surface area contributed by atoms with Crippen LogP contribution in [-0.2, 0) is 6.54 Å². The molecule has 0 radical (unpaired) electrons. The van der Waals surface area contributed by atoms with Crippen LogP contribution in [0.3, 0.4) is 0 Å². The lowest BCUT2D eigenvalue weighted by molar-refractivity contribution is 0.0480.